The standard InChI is InChI=1S/C22H25FN9O9PS/c1-30-5-29-19-13(20(30)34)28-6-31(19)8-2-9-14(33)15(8)39-22(35)37-3-10-16(41-42(36,43)40-9)11(23)21(38-10)32-7-27-12-17(24)25-4-26-18(12)32/h4-11,14-16,21-22,33,35H,2-3H2,1H3,(H,36,43)(H2,24,25,26)/t8-,9+,10-,11-,14-,15+,16-,21-,22?,42?/m1/s1. The molecule has 21 heteroatoms. The zero-order valence-electron chi connectivity index (χ0n) is 22.1. The molecule has 18 nitrogen and oxygen atoms in total. The van der Waals surface area contributed by atoms with Crippen LogP contribution in [0.1, 0.15) is 18.7 Å². The Balaban J connectivity index is 1.19. The highest BCUT2D eigenvalue weighted by Crippen LogP contribution is 2.59. The number of hydrogen-bond donors (Lipinski definition) is 4. The van der Waals surface area contributed by atoms with Crippen molar-refractivity contribution < 1.29 is 42.4 Å². The topological polar surface area (TPSA) is 226 Å². The fraction of sp³-hybridized carbons (Fsp3) is 0.545. The maximum atomic E-state index is 16.0. The zero-order valence-corrected chi connectivity index (χ0v) is 23.9. The van der Waals surface area contributed by atoms with E-state index in [0.29, 0.717) is 0 Å². The van der Waals surface area contributed by atoms with Crippen molar-refractivity contribution >= 4 is 47.2 Å². The molecule has 2 saturated heterocycles. The van der Waals surface area contributed by atoms with Crippen molar-refractivity contribution in [2.45, 2.75) is 61.9 Å². The smallest absolute Gasteiger partial charge is 0.386 e. The molecule has 0 amide bonds. The quantitative estimate of drug-likeness (QED) is 0.161. The van der Waals surface area contributed by atoms with Crippen LogP contribution in [-0.4, -0.2) is 98.6 Å². The number of thiol groups is 1. The van der Waals surface area contributed by atoms with Crippen LogP contribution >= 0.6 is 19.0 Å². The van der Waals surface area contributed by atoms with Crippen LogP contribution in [0.15, 0.2) is 30.1 Å². The molecule has 0 radical (unpaired) electrons. The molecule has 7 rings (SSSR count). The minimum atomic E-state index is -4.39. The summed E-state index contributed by atoms with van der Waals surface area (Å²) in [6, 6.07) is -0.824. The second-order valence-corrected chi connectivity index (χ2v) is 13.1. The number of aliphatic hydroxyl groups excluding tert-OH is 2. The number of halogens is 1. The van der Waals surface area contributed by atoms with Crippen LogP contribution in [0.2, 0.25) is 0 Å². The van der Waals surface area contributed by atoms with Crippen molar-refractivity contribution in [3.8, 4) is 0 Å². The Hall–Kier alpha value is -3.07. The summed E-state index contributed by atoms with van der Waals surface area (Å²) in [5, 5.41) is 21.8. The first kappa shape index (κ1) is 28.7. The Morgan fingerprint density at radius 3 is 2.56 bits per heavy atom. The monoisotopic (exact) mass is 641 g/mol. The number of fused-ring (bicyclic) bond motifs is 5. The molecular formula is C22H25FN9O9PS. The van der Waals surface area contributed by atoms with E-state index in [4.69, 9.17) is 29.0 Å². The van der Waals surface area contributed by atoms with Crippen molar-refractivity contribution in [3.05, 3.63) is 35.7 Å². The first-order valence-corrected chi connectivity index (χ1v) is 15.7. The number of aryl methyl sites for hydroxylation is 1. The fourth-order valence-electron chi connectivity index (χ4n) is 5.67. The zero-order chi connectivity index (χ0) is 30.2. The minimum Gasteiger partial charge on any atom is -0.388 e. The maximum Gasteiger partial charge on any atom is 0.386 e. The van der Waals surface area contributed by atoms with Gasteiger partial charge in [-0.3, -0.25) is 18.4 Å². The van der Waals surface area contributed by atoms with Crippen molar-refractivity contribution in [2.24, 2.45) is 7.05 Å². The van der Waals surface area contributed by atoms with Crippen molar-refractivity contribution in [1.29, 1.82) is 0 Å². The van der Waals surface area contributed by atoms with Gasteiger partial charge in [0.25, 0.3) is 12.0 Å². The number of nitrogen functional groups attached to an aromatic ring is 1. The van der Waals surface area contributed by atoms with E-state index in [1.54, 1.807) is 0 Å². The number of anilines is 1. The highest BCUT2D eigenvalue weighted by atomic mass is 32.7. The average Bonchev–Trinajstić information content (AvgIpc) is 3.72. The van der Waals surface area contributed by atoms with Crippen LogP contribution < -0.4 is 11.3 Å². The van der Waals surface area contributed by atoms with Crippen LogP contribution in [0.3, 0.4) is 0 Å². The van der Waals surface area contributed by atoms with Crippen molar-refractivity contribution in [2.75, 3.05) is 12.3 Å². The average molecular weight is 642 g/mol. The van der Waals surface area contributed by atoms with Gasteiger partial charge in [-0.15, -0.1) is 0 Å². The summed E-state index contributed by atoms with van der Waals surface area (Å²) in [7, 11) is 1.52. The van der Waals surface area contributed by atoms with Gasteiger partial charge in [-0.25, -0.2) is 33.9 Å². The molecule has 4 aromatic heterocycles. The lowest BCUT2D eigenvalue weighted by Gasteiger charge is -2.29. The molecule has 1 saturated carbocycles. The summed E-state index contributed by atoms with van der Waals surface area (Å²) in [5.41, 5.74) is 6.09. The molecular weight excluding hydrogens is 616 g/mol. The lowest BCUT2D eigenvalue weighted by Crippen LogP contribution is -2.41. The second-order valence-electron chi connectivity index (χ2n) is 10.3. The molecule has 4 aromatic rings. The molecule has 2 bridgehead atoms. The van der Waals surface area contributed by atoms with Gasteiger partial charge in [0.2, 0.25) is 0 Å². The van der Waals surface area contributed by atoms with E-state index in [1.165, 1.54) is 46.1 Å². The van der Waals surface area contributed by atoms with Crippen molar-refractivity contribution in [1.82, 2.24) is 38.6 Å². The van der Waals surface area contributed by atoms with E-state index in [0.717, 1.165) is 0 Å². The molecule has 6 heterocycles. The van der Waals surface area contributed by atoms with Crippen LogP contribution in [0, 0.1) is 0 Å². The molecule has 2 unspecified atom stereocenters. The number of nitrogens with zero attached hydrogens (tertiary/aromatic N) is 8. The van der Waals surface area contributed by atoms with Crippen molar-refractivity contribution in [3.63, 3.8) is 0 Å². The van der Waals surface area contributed by atoms with E-state index < -0.39 is 74.4 Å². The Labute approximate surface area is 245 Å². The Morgan fingerprint density at radius 2 is 1.74 bits per heavy atom. The first-order chi connectivity index (χ1) is 20.5. The number of aromatic nitrogens is 8. The summed E-state index contributed by atoms with van der Waals surface area (Å²) in [4.78, 5) is 33.0. The summed E-state index contributed by atoms with van der Waals surface area (Å²) >= 11 is 4.07. The number of rotatable bonds is 2. The Kier molecular flexibility index (Phi) is 7.02. The van der Waals surface area contributed by atoms with Gasteiger partial charge in [-0.1, -0.05) is 12.2 Å². The van der Waals surface area contributed by atoms with Gasteiger partial charge < -0.3 is 39.3 Å². The third-order valence-electron chi connectivity index (χ3n) is 7.70. The third kappa shape index (κ3) is 4.82. The lowest BCUT2D eigenvalue weighted by atomic mass is 10.1. The number of alkyl halides is 1. The minimum absolute atomic E-state index is 0.0638. The van der Waals surface area contributed by atoms with Crippen LogP contribution in [0.25, 0.3) is 22.3 Å². The van der Waals surface area contributed by atoms with Gasteiger partial charge in [0.05, 0.1) is 37.7 Å². The van der Waals surface area contributed by atoms with E-state index in [9.17, 15) is 19.6 Å². The lowest BCUT2D eigenvalue weighted by molar-refractivity contribution is -0.303. The normalized spacial score (nSPS) is 36.9. The molecule has 0 spiro atoms. The van der Waals surface area contributed by atoms with Gasteiger partial charge in [0, 0.05) is 13.5 Å². The molecule has 1 aliphatic carbocycles. The molecule has 3 aliphatic rings. The van der Waals surface area contributed by atoms with E-state index in [1.807, 2.05) is 0 Å². The summed E-state index contributed by atoms with van der Waals surface area (Å²) in [6.07, 6.45) is -5.11. The van der Waals surface area contributed by atoms with Gasteiger partial charge >= 0.3 is 6.80 Å². The number of imidazole rings is 2. The molecule has 2 aliphatic heterocycles. The third-order valence-corrected chi connectivity index (χ3v) is 9.31. The highest BCUT2D eigenvalue weighted by molar-refractivity contribution is 8.44. The van der Waals surface area contributed by atoms with E-state index in [-0.39, 0.29) is 34.6 Å². The first-order valence-electron chi connectivity index (χ1n) is 13.0. The Morgan fingerprint density at radius 1 is 1.00 bits per heavy atom. The van der Waals surface area contributed by atoms with Crippen LogP contribution in [0.5, 0.6) is 0 Å². The molecule has 43 heavy (non-hydrogen) atoms. The number of nitrogens with two attached hydrogens (primary N) is 1. The number of aliphatic hydroxyl groups is 2. The molecule has 10 atom stereocenters. The summed E-state index contributed by atoms with van der Waals surface area (Å²) in [6.45, 7) is -6.82. The second kappa shape index (κ2) is 10.5. The van der Waals surface area contributed by atoms with Gasteiger partial charge in [-0.2, -0.15) is 0 Å². The molecule has 0 aromatic carbocycles. The summed E-state index contributed by atoms with van der Waals surface area (Å²) in [5.74, 6) is 0.0746. The van der Waals surface area contributed by atoms with E-state index in [2.05, 4.69) is 37.2 Å². The highest BCUT2D eigenvalue weighted by Gasteiger charge is 2.54. The SMILES string of the molecule is Cn1cnc2c(ncn2[C@@H]2C[C@@H]3OP(=O)(S)O[C@H]4[C@@H](F)[C@H](n5cnc6c(N)ncnc65)O[C@@H]4COC(O)O[C@@H]2[C@@H]3O)c1=O. The Bertz CT molecular complexity index is 1810. The predicted octanol–water partition coefficient (Wildman–Crippen LogP) is -0.407. The maximum absolute atomic E-state index is 16.0. The molecule has 230 valence electrons. The summed E-state index contributed by atoms with van der Waals surface area (Å²) < 4.78 is 61.7. The van der Waals surface area contributed by atoms with Gasteiger partial charge in [0.15, 0.2) is 35.0 Å². The van der Waals surface area contributed by atoms with Crippen LogP contribution in [-0.2, 0) is 34.9 Å². The number of hydrogen-bond acceptors (Lipinski definition) is 15. The van der Waals surface area contributed by atoms with Gasteiger partial charge in [-0.05, 0) is 0 Å². The molecule has 3 fully saturated rings. The predicted molar refractivity (Wildman–Crippen MR) is 144 cm³/mol. The van der Waals surface area contributed by atoms with Gasteiger partial charge in [0.1, 0.15) is 36.3 Å². The van der Waals surface area contributed by atoms with E-state index >= 15 is 4.39 Å². The number of ether oxygens (including phenoxy) is 3. The molecule has 4 N–H and O–H groups in total. The van der Waals surface area contributed by atoms with Crippen LogP contribution in [0.4, 0.5) is 10.2 Å². The fourth-order valence-corrected chi connectivity index (χ4v) is 7.52. The largest absolute Gasteiger partial charge is 0.388 e.